The first kappa shape index (κ1) is 13.2. The van der Waals surface area contributed by atoms with Crippen molar-refractivity contribution in [1.82, 2.24) is 15.1 Å². The molecule has 7 heteroatoms. The van der Waals surface area contributed by atoms with Crippen molar-refractivity contribution in [1.29, 1.82) is 0 Å². The Bertz CT molecular complexity index is 747. The van der Waals surface area contributed by atoms with Gasteiger partial charge >= 0.3 is 0 Å². The van der Waals surface area contributed by atoms with E-state index in [1.807, 2.05) is 0 Å². The van der Waals surface area contributed by atoms with Gasteiger partial charge < -0.3 is 9.26 Å². The second kappa shape index (κ2) is 5.66. The summed E-state index contributed by atoms with van der Waals surface area (Å²) in [5, 5.41) is 3.77. The quantitative estimate of drug-likeness (QED) is 0.739. The molecule has 106 valence electrons. The van der Waals surface area contributed by atoms with Crippen LogP contribution in [0.2, 0.25) is 0 Å². The zero-order chi connectivity index (χ0) is 14.7. The Kier molecular flexibility index (Phi) is 3.55. The molecular weight excluding hydrogens is 280 g/mol. The molecule has 0 aliphatic rings. The van der Waals surface area contributed by atoms with Gasteiger partial charge in [0.15, 0.2) is 18.2 Å². The summed E-state index contributed by atoms with van der Waals surface area (Å²) < 4.78 is 36.0. The van der Waals surface area contributed by atoms with E-state index in [4.69, 9.17) is 9.26 Å². The van der Waals surface area contributed by atoms with E-state index in [0.717, 1.165) is 12.1 Å². The van der Waals surface area contributed by atoms with Gasteiger partial charge in [0.1, 0.15) is 11.4 Å². The maximum Gasteiger partial charge on any atom is 0.264 e. The molecule has 2 heterocycles. The summed E-state index contributed by atoms with van der Waals surface area (Å²) in [6, 6.07) is 8.56. The highest BCUT2D eigenvalue weighted by Gasteiger charge is 2.10. The number of nitrogens with zero attached hydrogens (tertiary/aromatic N) is 3. The van der Waals surface area contributed by atoms with Crippen molar-refractivity contribution in [2.75, 3.05) is 0 Å². The van der Waals surface area contributed by atoms with Crippen molar-refractivity contribution in [3.05, 3.63) is 60.1 Å². The number of rotatable bonds is 4. The molecule has 2 aromatic heterocycles. The van der Waals surface area contributed by atoms with Crippen LogP contribution in [0.15, 0.2) is 47.1 Å². The van der Waals surface area contributed by atoms with E-state index < -0.39 is 11.6 Å². The molecule has 0 unspecified atom stereocenters. The van der Waals surface area contributed by atoms with Crippen LogP contribution in [-0.2, 0) is 6.61 Å². The van der Waals surface area contributed by atoms with Gasteiger partial charge in [-0.25, -0.2) is 8.78 Å². The predicted molar refractivity (Wildman–Crippen MR) is 68.2 cm³/mol. The number of benzene rings is 1. The molecule has 0 amide bonds. The molecule has 0 bridgehead atoms. The average molecular weight is 289 g/mol. The van der Waals surface area contributed by atoms with Crippen molar-refractivity contribution in [3.8, 4) is 17.3 Å². The zero-order valence-corrected chi connectivity index (χ0v) is 10.7. The van der Waals surface area contributed by atoms with Crippen LogP contribution < -0.4 is 4.74 Å². The lowest BCUT2D eigenvalue weighted by atomic mass is 10.3. The predicted octanol–water partition coefficient (Wildman–Crippen LogP) is 2.99. The average Bonchev–Trinajstić information content (AvgIpc) is 2.98. The lowest BCUT2D eigenvalue weighted by Crippen LogP contribution is -1.97. The first-order chi connectivity index (χ1) is 10.2. The largest absolute Gasteiger partial charge is 0.484 e. The molecule has 0 fully saturated rings. The highest BCUT2D eigenvalue weighted by atomic mass is 19.2. The van der Waals surface area contributed by atoms with Crippen LogP contribution in [0.5, 0.6) is 5.75 Å². The van der Waals surface area contributed by atoms with Crippen LogP contribution in [0.4, 0.5) is 8.78 Å². The lowest BCUT2D eigenvalue weighted by Gasteiger charge is -2.02. The van der Waals surface area contributed by atoms with E-state index in [9.17, 15) is 8.78 Å². The fourth-order valence-electron chi connectivity index (χ4n) is 1.62. The number of pyridine rings is 1. The number of hydrogen-bond acceptors (Lipinski definition) is 5. The van der Waals surface area contributed by atoms with Crippen LogP contribution in [0, 0.1) is 11.6 Å². The molecule has 0 spiro atoms. The molecule has 0 aliphatic heterocycles. The Hall–Kier alpha value is -2.83. The minimum atomic E-state index is -0.979. The number of halogens is 2. The Labute approximate surface area is 118 Å². The first-order valence-corrected chi connectivity index (χ1v) is 6.04. The van der Waals surface area contributed by atoms with Crippen molar-refractivity contribution >= 4 is 0 Å². The third kappa shape index (κ3) is 3.02. The normalized spacial score (nSPS) is 10.6. The third-order valence-electron chi connectivity index (χ3n) is 2.62. The second-order valence-electron chi connectivity index (χ2n) is 4.09. The van der Waals surface area contributed by atoms with Gasteiger partial charge in [0.05, 0.1) is 0 Å². The maximum atomic E-state index is 13.0. The SMILES string of the molecule is Fc1ccc(OCc2nc(-c3ccccn3)no2)cc1F. The lowest BCUT2D eigenvalue weighted by molar-refractivity contribution is 0.241. The Balaban J connectivity index is 1.69. The van der Waals surface area contributed by atoms with Crippen molar-refractivity contribution in [2.45, 2.75) is 6.61 Å². The number of aromatic nitrogens is 3. The van der Waals surface area contributed by atoms with Gasteiger partial charge in [0.25, 0.3) is 5.89 Å². The summed E-state index contributed by atoms with van der Waals surface area (Å²) in [5.74, 6) is -1.20. The van der Waals surface area contributed by atoms with Gasteiger partial charge in [-0.2, -0.15) is 4.98 Å². The molecule has 3 aromatic rings. The third-order valence-corrected chi connectivity index (χ3v) is 2.62. The highest BCUT2D eigenvalue weighted by molar-refractivity contribution is 5.46. The van der Waals surface area contributed by atoms with Crippen LogP contribution in [0.25, 0.3) is 11.5 Å². The van der Waals surface area contributed by atoms with E-state index in [1.54, 1.807) is 24.4 Å². The molecule has 21 heavy (non-hydrogen) atoms. The Morgan fingerprint density at radius 3 is 2.76 bits per heavy atom. The molecule has 1 aromatic carbocycles. The van der Waals surface area contributed by atoms with E-state index in [0.29, 0.717) is 11.5 Å². The molecular formula is C14H9F2N3O2. The molecule has 0 atom stereocenters. The summed E-state index contributed by atoms with van der Waals surface area (Å²) in [6.45, 7) is -0.0507. The fourth-order valence-corrected chi connectivity index (χ4v) is 1.62. The summed E-state index contributed by atoms with van der Waals surface area (Å²) in [4.78, 5) is 8.19. The van der Waals surface area contributed by atoms with E-state index >= 15 is 0 Å². The minimum absolute atomic E-state index is 0.0507. The Morgan fingerprint density at radius 1 is 1.10 bits per heavy atom. The smallest absolute Gasteiger partial charge is 0.264 e. The summed E-state index contributed by atoms with van der Waals surface area (Å²) >= 11 is 0. The maximum absolute atomic E-state index is 13.0. The topological polar surface area (TPSA) is 61.0 Å². The molecule has 0 aliphatic carbocycles. The number of ether oxygens (including phenoxy) is 1. The van der Waals surface area contributed by atoms with Crippen LogP contribution in [0.3, 0.4) is 0 Å². The van der Waals surface area contributed by atoms with Gasteiger partial charge in [0.2, 0.25) is 5.82 Å². The number of hydrogen-bond donors (Lipinski definition) is 0. The van der Waals surface area contributed by atoms with Gasteiger partial charge in [0, 0.05) is 12.3 Å². The fraction of sp³-hybridized carbons (Fsp3) is 0.0714. The van der Waals surface area contributed by atoms with Crippen molar-refractivity contribution < 1.29 is 18.0 Å². The van der Waals surface area contributed by atoms with Crippen LogP contribution >= 0.6 is 0 Å². The van der Waals surface area contributed by atoms with Crippen molar-refractivity contribution in [3.63, 3.8) is 0 Å². The van der Waals surface area contributed by atoms with Crippen LogP contribution in [0.1, 0.15) is 5.89 Å². The standard InChI is InChI=1S/C14H9F2N3O2/c15-10-5-4-9(7-11(10)16)20-8-13-18-14(19-21-13)12-3-1-2-6-17-12/h1-7H,8H2. The first-order valence-electron chi connectivity index (χ1n) is 6.04. The zero-order valence-electron chi connectivity index (χ0n) is 10.7. The molecule has 5 nitrogen and oxygen atoms in total. The van der Waals surface area contributed by atoms with E-state index in [1.165, 1.54) is 6.07 Å². The van der Waals surface area contributed by atoms with Crippen LogP contribution in [-0.4, -0.2) is 15.1 Å². The monoisotopic (exact) mass is 289 g/mol. The molecule has 0 saturated heterocycles. The molecule has 0 radical (unpaired) electrons. The molecule has 0 saturated carbocycles. The van der Waals surface area contributed by atoms with Gasteiger partial charge in [-0.15, -0.1) is 0 Å². The summed E-state index contributed by atoms with van der Waals surface area (Å²) in [7, 11) is 0. The highest BCUT2D eigenvalue weighted by Crippen LogP contribution is 2.17. The summed E-state index contributed by atoms with van der Waals surface area (Å²) in [5.41, 5.74) is 0.570. The minimum Gasteiger partial charge on any atom is -0.484 e. The molecule has 3 rings (SSSR count). The second-order valence-corrected chi connectivity index (χ2v) is 4.09. The van der Waals surface area contributed by atoms with Gasteiger partial charge in [-0.05, 0) is 24.3 Å². The summed E-state index contributed by atoms with van der Waals surface area (Å²) in [6.07, 6.45) is 1.61. The Morgan fingerprint density at radius 2 is 2.00 bits per heavy atom. The molecule has 0 N–H and O–H groups in total. The van der Waals surface area contributed by atoms with Gasteiger partial charge in [-0.1, -0.05) is 11.2 Å². The van der Waals surface area contributed by atoms with Crippen molar-refractivity contribution in [2.24, 2.45) is 0 Å². The van der Waals surface area contributed by atoms with E-state index in [-0.39, 0.29) is 18.2 Å². The van der Waals surface area contributed by atoms with E-state index in [2.05, 4.69) is 15.1 Å². The van der Waals surface area contributed by atoms with Gasteiger partial charge in [-0.3, -0.25) is 4.98 Å².